The third-order valence-corrected chi connectivity index (χ3v) is 2.21. The molecule has 3 nitrogen and oxygen atoms in total. The van der Waals surface area contributed by atoms with Crippen LogP contribution >= 0.6 is 0 Å². The molecule has 1 unspecified atom stereocenters. The van der Waals surface area contributed by atoms with E-state index in [1.165, 1.54) is 0 Å². The zero-order valence-electron chi connectivity index (χ0n) is 7.32. The first-order valence-electron chi connectivity index (χ1n) is 4.16. The van der Waals surface area contributed by atoms with Crippen LogP contribution in [-0.4, -0.2) is 12.6 Å². The van der Waals surface area contributed by atoms with Crippen molar-refractivity contribution in [1.29, 1.82) is 0 Å². The molecule has 3 heteroatoms. The number of nitrogens with one attached hydrogen (secondary N) is 1. The van der Waals surface area contributed by atoms with Gasteiger partial charge in [0.15, 0.2) is 0 Å². The fourth-order valence-electron chi connectivity index (χ4n) is 1.56. The average molecular weight is 174 g/mol. The smallest absolute Gasteiger partial charge is 0.146 e. The Bertz CT molecular complexity index is 371. The molecule has 66 valence electrons. The monoisotopic (exact) mass is 174 g/mol. The van der Waals surface area contributed by atoms with Gasteiger partial charge in [-0.05, 0) is 18.6 Å². The van der Waals surface area contributed by atoms with Gasteiger partial charge in [-0.3, -0.25) is 0 Å². The molecule has 0 radical (unpaired) electrons. The largest absolute Gasteiger partial charge is 0.363 e. The molecular weight excluding hydrogens is 164 g/mol. The Kier molecular flexibility index (Phi) is 1.85. The standard InChI is InChI=1S/C10H10N2O/c1-7-3-2-4-8-10(7)9(5-13)12-6-11-8/h2-6,9H,1H3,(H,11,12). The SMILES string of the molecule is Cc1cccc2c1C(C=O)NC=N2. The summed E-state index contributed by atoms with van der Waals surface area (Å²) in [7, 11) is 0. The van der Waals surface area contributed by atoms with Gasteiger partial charge >= 0.3 is 0 Å². The van der Waals surface area contributed by atoms with Gasteiger partial charge in [-0.1, -0.05) is 12.1 Å². The zero-order chi connectivity index (χ0) is 9.26. The first-order chi connectivity index (χ1) is 6.33. The van der Waals surface area contributed by atoms with Crippen molar-refractivity contribution in [2.75, 3.05) is 0 Å². The summed E-state index contributed by atoms with van der Waals surface area (Å²) in [5.74, 6) is 0. The Balaban J connectivity index is 2.60. The number of benzene rings is 1. The van der Waals surface area contributed by atoms with Crippen molar-refractivity contribution < 1.29 is 4.79 Å². The number of hydrogen-bond donors (Lipinski definition) is 1. The molecule has 0 amide bonds. The molecule has 0 bridgehead atoms. The quantitative estimate of drug-likeness (QED) is 0.655. The lowest BCUT2D eigenvalue weighted by Crippen LogP contribution is -2.24. The predicted octanol–water partition coefficient (Wildman–Crippen LogP) is 1.50. The Morgan fingerprint density at radius 3 is 3.15 bits per heavy atom. The van der Waals surface area contributed by atoms with Crippen LogP contribution in [0.3, 0.4) is 0 Å². The van der Waals surface area contributed by atoms with Crippen LogP contribution < -0.4 is 5.32 Å². The van der Waals surface area contributed by atoms with Gasteiger partial charge in [-0.25, -0.2) is 4.99 Å². The number of aliphatic imine (C=N–C) groups is 1. The lowest BCUT2D eigenvalue weighted by atomic mass is 9.99. The van der Waals surface area contributed by atoms with Gasteiger partial charge in [0.05, 0.1) is 12.0 Å². The highest BCUT2D eigenvalue weighted by Gasteiger charge is 2.17. The van der Waals surface area contributed by atoms with Crippen LogP contribution in [0.2, 0.25) is 0 Å². The number of fused-ring (bicyclic) bond motifs is 1. The predicted molar refractivity (Wildman–Crippen MR) is 51.3 cm³/mol. The van der Waals surface area contributed by atoms with E-state index in [9.17, 15) is 4.79 Å². The molecule has 1 aromatic carbocycles. The van der Waals surface area contributed by atoms with Crippen molar-refractivity contribution >= 4 is 18.3 Å². The Hall–Kier alpha value is -1.64. The maximum atomic E-state index is 10.8. The second kappa shape index (κ2) is 3.01. The summed E-state index contributed by atoms with van der Waals surface area (Å²) < 4.78 is 0. The first-order valence-corrected chi connectivity index (χ1v) is 4.16. The number of aryl methyl sites for hydroxylation is 1. The van der Waals surface area contributed by atoms with Crippen LogP contribution in [0, 0.1) is 6.92 Å². The molecule has 1 atom stereocenters. The molecule has 1 aliphatic rings. The van der Waals surface area contributed by atoms with Gasteiger partial charge in [0, 0.05) is 5.56 Å². The van der Waals surface area contributed by atoms with E-state index in [0.29, 0.717) is 0 Å². The van der Waals surface area contributed by atoms with Crippen molar-refractivity contribution in [3.05, 3.63) is 29.3 Å². The Labute approximate surface area is 76.5 Å². The number of aldehydes is 1. The van der Waals surface area contributed by atoms with Gasteiger partial charge < -0.3 is 10.1 Å². The molecule has 2 rings (SSSR count). The molecule has 0 fully saturated rings. The Morgan fingerprint density at radius 2 is 2.38 bits per heavy atom. The highest BCUT2D eigenvalue weighted by Crippen LogP contribution is 2.29. The summed E-state index contributed by atoms with van der Waals surface area (Å²) >= 11 is 0. The van der Waals surface area contributed by atoms with Gasteiger partial charge in [0.1, 0.15) is 12.3 Å². The van der Waals surface area contributed by atoms with E-state index in [2.05, 4.69) is 10.3 Å². The Morgan fingerprint density at radius 1 is 1.54 bits per heavy atom. The summed E-state index contributed by atoms with van der Waals surface area (Å²) in [4.78, 5) is 14.9. The topological polar surface area (TPSA) is 41.5 Å². The molecular formula is C10H10N2O. The van der Waals surface area contributed by atoms with Crippen molar-refractivity contribution in [3.8, 4) is 0 Å². The minimum absolute atomic E-state index is 0.242. The van der Waals surface area contributed by atoms with E-state index < -0.39 is 0 Å². The van der Waals surface area contributed by atoms with Crippen molar-refractivity contribution in [2.24, 2.45) is 4.99 Å². The van der Waals surface area contributed by atoms with Crippen LogP contribution in [0.4, 0.5) is 5.69 Å². The van der Waals surface area contributed by atoms with E-state index in [1.54, 1.807) is 6.34 Å². The average Bonchev–Trinajstić information content (AvgIpc) is 2.17. The van der Waals surface area contributed by atoms with Crippen LogP contribution in [0.5, 0.6) is 0 Å². The van der Waals surface area contributed by atoms with Crippen molar-refractivity contribution in [1.82, 2.24) is 5.32 Å². The number of carbonyl (C=O) groups is 1. The molecule has 13 heavy (non-hydrogen) atoms. The van der Waals surface area contributed by atoms with E-state index in [0.717, 1.165) is 23.1 Å². The van der Waals surface area contributed by atoms with E-state index in [1.807, 2.05) is 25.1 Å². The number of nitrogens with zero attached hydrogens (tertiary/aromatic N) is 1. The fraction of sp³-hybridized carbons (Fsp3) is 0.200. The summed E-state index contributed by atoms with van der Waals surface area (Å²) in [6.07, 6.45) is 2.47. The molecule has 1 N–H and O–H groups in total. The lowest BCUT2D eigenvalue weighted by molar-refractivity contribution is -0.109. The van der Waals surface area contributed by atoms with Crippen LogP contribution in [0.25, 0.3) is 0 Å². The minimum Gasteiger partial charge on any atom is -0.363 e. The third-order valence-electron chi connectivity index (χ3n) is 2.21. The molecule has 0 spiro atoms. The number of hydrogen-bond acceptors (Lipinski definition) is 3. The molecule has 0 saturated carbocycles. The summed E-state index contributed by atoms with van der Waals surface area (Å²) in [6.45, 7) is 1.98. The van der Waals surface area contributed by atoms with Crippen LogP contribution in [0.15, 0.2) is 23.2 Å². The maximum absolute atomic E-state index is 10.8. The molecule has 1 aromatic rings. The molecule has 1 aliphatic heterocycles. The van der Waals surface area contributed by atoms with Crippen molar-refractivity contribution in [3.63, 3.8) is 0 Å². The summed E-state index contributed by atoms with van der Waals surface area (Å²) in [5.41, 5.74) is 2.97. The number of rotatable bonds is 1. The molecule has 0 aromatic heterocycles. The van der Waals surface area contributed by atoms with Crippen LogP contribution in [0.1, 0.15) is 17.2 Å². The number of carbonyl (C=O) groups excluding carboxylic acids is 1. The minimum atomic E-state index is -0.242. The maximum Gasteiger partial charge on any atom is 0.146 e. The van der Waals surface area contributed by atoms with E-state index in [-0.39, 0.29) is 6.04 Å². The van der Waals surface area contributed by atoms with Gasteiger partial charge in [0.2, 0.25) is 0 Å². The fourth-order valence-corrected chi connectivity index (χ4v) is 1.56. The lowest BCUT2D eigenvalue weighted by Gasteiger charge is -2.19. The second-order valence-corrected chi connectivity index (χ2v) is 3.05. The van der Waals surface area contributed by atoms with Crippen LogP contribution in [-0.2, 0) is 4.79 Å². The summed E-state index contributed by atoms with van der Waals surface area (Å²) in [5, 5.41) is 2.91. The third kappa shape index (κ3) is 1.22. The normalized spacial score (nSPS) is 19.0. The van der Waals surface area contributed by atoms with E-state index >= 15 is 0 Å². The van der Waals surface area contributed by atoms with E-state index in [4.69, 9.17) is 0 Å². The second-order valence-electron chi connectivity index (χ2n) is 3.05. The molecule has 1 heterocycles. The van der Waals surface area contributed by atoms with Gasteiger partial charge in [0.25, 0.3) is 0 Å². The summed E-state index contributed by atoms with van der Waals surface area (Å²) in [6, 6.07) is 5.60. The van der Waals surface area contributed by atoms with Gasteiger partial charge in [-0.15, -0.1) is 0 Å². The highest BCUT2D eigenvalue weighted by atomic mass is 16.1. The van der Waals surface area contributed by atoms with Gasteiger partial charge in [-0.2, -0.15) is 0 Å². The van der Waals surface area contributed by atoms with Crippen molar-refractivity contribution in [2.45, 2.75) is 13.0 Å². The first kappa shape index (κ1) is 7.98. The highest BCUT2D eigenvalue weighted by molar-refractivity contribution is 5.78. The molecule has 0 saturated heterocycles. The zero-order valence-corrected chi connectivity index (χ0v) is 7.32. The molecule has 0 aliphatic carbocycles.